The van der Waals surface area contributed by atoms with Crippen LogP contribution in [0.1, 0.15) is 30.1 Å². The smallest absolute Gasteiger partial charge is 0.293 e. The standard InChI is InChI=1S/C13H18N2O3/c1-9(2)6-10-7-12(18-14-10)13(17)15-5-3-4-11(15)8-16/h3-4,7,9,11,16H,5-6,8H2,1-2H3. The van der Waals surface area contributed by atoms with Crippen molar-refractivity contribution in [1.29, 1.82) is 0 Å². The first-order chi connectivity index (χ1) is 8.61. The summed E-state index contributed by atoms with van der Waals surface area (Å²) in [6, 6.07) is 1.44. The van der Waals surface area contributed by atoms with E-state index in [0.717, 1.165) is 12.1 Å². The van der Waals surface area contributed by atoms with Crippen molar-refractivity contribution in [2.24, 2.45) is 5.92 Å². The van der Waals surface area contributed by atoms with E-state index in [-0.39, 0.29) is 24.3 Å². The van der Waals surface area contributed by atoms with E-state index in [1.165, 1.54) is 0 Å². The van der Waals surface area contributed by atoms with Gasteiger partial charge >= 0.3 is 0 Å². The van der Waals surface area contributed by atoms with Gasteiger partial charge in [0.05, 0.1) is 18.3 Å². The summed E-state index contributed by atoms with van der Waals surface area (Å²) in [7, 11) is 0. The summed E-state index contributed by atoms with van der Waals surface area (Å²) >= 11 is 0. The zero-order valence-electron chi connectivity index (χ0n) is 10.7. The van der Waals surface area contributed by atoms with Crippen molar-refractivity contribution in [1.82, 2.24) is 10.1 Å². The van der Waals surface area contributed by atoms with Crippen LogP contribution in [0.15, 0.2) is 22.7 Å². The van der Waals surface area contributed by atoms with Crippen LogP contribution in [0.3, 0.4) is 0 Å². The van der Waals surface area contributed by atoms with E-state index in [2.05, 4.69) is 19.0 Å². The lowest BCUT2D eigenvalue weighted by atomic mass is 10.1. The Morgan fingerprint density at radius 2 is 2.44 bits per heavy atom. The third kappa shape index (κ3) is 2.61. The Balaban J connectivity index is 2.07. The fourth-order valence-corrected chi connectivity index (χ4v) is 2.03. The Hall–Kier alpha value is -1.62. The van der Waals surface area contributed by atoms with Crippen molar-refractivity contribution in [2.45, 2.75) is 26.3 Å². The van der Waals surface area contributed by atoms with E-state index in [9.17, 15) is 4.79 Å². The van der Waals surface area contributed by atoms with E-state index in [1.54, 1.807) is 11.0 Å². The number of aliphatic hydroxyl groups is 1. The molecular weight excluding hydrogens is 232 g/mol. The highest BCUT2D eigenvalue weighted by atomic mass is 16.5. The molecule has 0 radical (unpaired) electrons. The van der Waals surface area contributed by atoms with Crippen LogP contribution in [0, 0.1) is 5.92 Å². The SMILES string of the molecule is CC(C)Cc1cc(C(=O)N2CC=CC2CO)on1. The molecule has 1 amide bonds. The van der Waals surface area contributed by atoms with Gasteiger partial charge in [-0.25, -0.2) is 0 Å². The average molecular weight is 250 g/mol. The minimum Gasteiger partial charge on any atom is -0.394 e. The summed E-state index contributed by atoms with van der Waals surface area (Å²) < 4.78 is 5.08. The molecule has 0 bridgehead atoms. The molecule has 1 unspecified atom stereocenters. The first-order valence-electron chi connectivity index (χ1n) is 6.16. The molecule has 0 aromatic carbocycles. The van der Waals surface area contributed by atoms with Gasteiger partial charge in [-0.1, -0.05) is 31.2 Å². The van der Waals surface area contributed by atoms with Crippen molar-refractivity contribution >= 4 is 5.91 Å². The highest BCUT2D eigenvalue weighted by molar-refractivity contribution is 5.92. The number of carbonyl (C=O) groups excluding carboxylic acids is 1. The summed E-state index contributed by atoms with van der Waals surface area (Å²) in [4.78, 5) is 13.7. The second kappa shape index (κ2) is 5.35. The van der Waals surface area contributed by atoms with Crippen LogP contribution in [0.2, 0.25) is 0 Å². The summed E-state index contributed by atoms with van der Waals surface area (Å²) in [5.74, 6) is 0.492. The predicted molar refractivity (Wildman–Crippen MR) is 66.1 cm³/mol. The van der Waals surface area contributed by atoms with Crippen LogP contribution < -0.4 is 0 Å². The van der Waals surface area contributed by atoms with Crippen LogP contribution in [0.5, 0.6) is 0 Å². The number of aliphatic hydroxyl groups excluding tert-OH is 1. The zero-order valence-corrected chi connectivity index (χ0v) is 10.7. The number of hydrogen-bond donors (Lipinski definition) is 1. The Bertz CT molecular complexity index is 451. The van der Waals surface area contributed by atoms with Crippen molar-refractivity contribution in [3.63, 3.8) is 0 Å². The van der Waals surface area contributed by atoms with Gasteiger partial charge in [0.15, 0.2) is 0 Å². The number of nitrogens with zero attached hydrogens (tertiary/aromatic N) is 2. The van der Waals surface area contributed by atoms with Gasteiger partial charge < -0.3 is 14.5 Å². The van der Waals surface area contributed by atoms with E-state index in [1.807, 2.05) is 12.2 Å². The average Bonchev–Trinajstić information content (AvgIpc) is 2.95. The normalized spacial score (nSPS) is 18.9. The second-order valence-electron chi connectivity index (χ2n) is 4.92. The van der Waals surface area contributed by atoms with Crippen LogP contribution in [-0.2, 0) is 6.42 Å². The molecule has 0 aliphatic carbocycles. The molecule has 0 spiro atoms. The monoisotopic (exact) mass is 250 g/mol. The molecule has 1 aromatic heterocycles. The van der Waals surface area contributed by atoms with Crippen LogP contribution in [0.25, 0.3) is 0 Å². The van der Waals surface area contributed by atoms with Crippen molar-refractivity contribution < 1.29 is 14.4 Å². The predicted octanol–water partition coefficient (Wildman–Crippen LogP) is 1.25. The highest BCUT2D eigenvalue weighted by Gasteiger charge is 2.27. The molecule has 1 atom stereocenters. The van der Waals surface area contributed by atoms with Crippen molar-refractivity contribution in [3.8, 4) is 0 Å². The Morgan fingerprint density at radius 3 is 3.11 bits per heavy atom. The van der Waals surface area contributed by atoms with E-state index < -0.39 is 0 Å². The number of amides is 1. The lowest BCUT2D eigenvalue weighted by molar-refractivity contribution is 0.0659. The molecule has 5 nitrogen and oxygen atoms in total. The molecule has 1 aromatic rings. The zero-order chi connectivity index (χ0) is 13.1. The van der Waals surface area contributed by atoms with Gasteiger partial charge in [0.1, 0.15) is 0 Å². The summed E-state index contributed by atoms with van der Waals surface area (Å²) in [5, 5.41) is 13.1. The maximum Gasteiger partial charge on any atom is 0.293 e. The third-order valence-corrected chi connectivity index (χ3v) is 2.90. The van der Waals surface area contributed by atoms with Crippen LogP contribution >= 0.6 is 0 Å². The molecule has 1 aliphatic heterocycles. The minimum atomic E-state index is -0.254. The first kappa shape index (κ1) is 12.8. The molecule has 1 aliphatic rings. The Morgan fingerprint density at radius 1 is 1.67 bits per heavy atom. The molecule has 0 saturated carbocycles. The van der Waals surface area contributed by atoms with E-state index in [4.69, 9.17) is 9.63 Å². The lowest BCUT2D eigenvalue weighted by Crippen LogP contribution is -2.37. The lowest BCUT2D eigenvalue weighted by Gasteiger charge is -2.21. The van der Waals surface area contributed by atoms with Crippen LogP contribution in [-0.4, -0.2) is 40.3 Å². The quantitative estimate of drug-likeness (QED) is 0.817. The molecule has 2 rings (SSSR count). The van der Waals surface area contributed by atoms with E-state index in [0.29, 0.717) is 12.5 Å². The largest absolute Gasteiger partial charge is 0.394 e. The summed E-state index contributed by atoms with van der Waals surface area (Å²) in [6.45, 7) is 4.60. The van der Waals surface area contributed by atoms with Gasteiger partial charge in [-0.3, -0.25) is 4.79 Å². The van der Waals surface area contributed by atoms with Gasteiger partial charge in [0.25, 0.3) is 5.91 Å². The number of hydrogen-bond acceptors (Lipinski definition) is 4. The maximum absolute atomic E-state index is 12.2. The molecular formula is C13H18N2O3. The molecule has 1 N–H and O–H groups in total. The number of carbonyl (C=O) groups is 1. The molecule has 5 heteroatoms. The highest BCUT2D eigenvalue weighted by Crippen LogP contribution is 2.16. The molecule has 2 heterocycles. The summed E-state index contributed by atoms with van der Waals surface area (Å²) in [5.41, 5.74) is 0.793. The van der Waals surface area contributed by atoms with E-state index >= 15 is 0 Å². The minimum absolute atomic E-state index is 0.0742. The van der Waals surface area contributed by atoms with Crippen LogP contribution in [0.4, 0.5) is 0 Å². The molecule has 0 saturated heterocycles. The van der Waals surface area contributed by atoms with Gasteiger partial charge in [-0.05, 0) is 12.3 Å². The topological polar surface area (TPSA) is 66.6 Å². The molecule has 18 heavy (non-hydrogen) atoms. The fourth-order valence-electron chi connectivity index (χ4n) is 2.03. The molecule has 0 fully saturated rings. The van der Waals surface area contributed by atoms with Gasteiger partial charge in [0, 0.05) is 12.6 Å². The molecule has 98 valence electrons. The number of aromatic nitrogens is 1. The summed E-state index contributed by atoms with van der Waals surface area (Å²) in [6.07, 6.45) is 4.48. The number of rotatable bonds is 4. The van der Waals surface area contributed by atoms with Gasteiger partial charge in [-0.2, -0.15) is 0 Å². The first-order valence-corrected chi connectivity index (χ1v) is 6.16. The fraction of sp³-hybridized carbons (Fsp3) is 0.538. The van der Waals surface area contributed by atoms with Crippen molar-refractivity contribution in [2.75, 3.05) is 13.2 Å². The third-order valence-electron chi connectivity index (χ3n) is 2.90. The van der Waals surface area contributed by atoms with Crippen molar-refractivity contribution in [3.05, 3.63) is 29.7 Å². The Kier molecular flexibility index (Phi) is 3.81. The van der Waals surface area contributed by atoms with Gasteiger partial charge in [0.2, 0.25) is 5.76 Å². The second-order valence-corrected chi connectivity index (χ2v) is 4.92. The van der Waals surface area contributed by atoms with Gasteiger partial charge in [-0.15, -0.1) is 0 Å². The Labute approximate surface area is 106 Å². The maximum atomic E-state index is 12.2.